The fourth-order valence-electron chi connectivity index (χ4n) is 2.02. The Bertz CT molecular complexity index is 578. The van der Waals surface area contributed by atoms with Gasteiger partial charge < -0.3 is 5.11 Å². The first kappa shape index (κ1) is 14.6. The number of phenolic OH excluding ortho intramolecular Hbond substituents is 1. The van der Waals surface area contributed by atoms with Gasteiger partial charge in [0.2, 0.25) is 0 Å². The highest BCUT2D eigenvalue weighted by Gasteiger charge is 2.11. The summed E-state index contributed by atoms with van der Waals surface area (Å²) < 4.78 is 0. The molecule has 0 aliphatic heterocycles. The summed E-state index contributed by atoms with van der Waals surface area (Å²) in [4.78, 5) is 14.1. The number of halogens is 1. The van der Waals surface area contributed by atoms with E-state index in [4.69, 9.17) is 11.6 Å². The second-order valence-corrected chi connectivity index (χ2v) is 5.22. The molecule has 0 amide bonds. The maximum Gasteiger partial charge on any atom is 0.177 e. The summed E-state index contributed by atoms with van der Waals surface area (Å²) in [7, 11) is 1.88. The van der Waals surface area contributed by atoms with Gasteiger partial charge in [0.1, 0.15) is 5.75 Å². The minimum Gasteiger partial charge on any atom is -0.508 e. The highest BCUT2D eigenvalue weighted by Crippen LogP contribution is 2.20. The Labute approximate surface area is 123 Å². The number of likely N-dealkylation sites (N-methyl/N-ethyl adjacent to an activating group) is 1. The van der Waals surface area contributed by atoms with Crippen molar-refractivity contribution in [3.63, 3.8) is 0 Å². The molecule has 0 bridgehead atoms. The number of carbonyl (C=O) groups excluding carboxylic acids is 1. The molecule has 0 heterocycles. The second-order valence-electron chi connectivity index (χ2n) is 4.78. The van der Waals surface area contributed by atoms with Gasteiger partial charge in [-0.2, -0.15) is 0 Å². The van der Waals surface area contributed by atoms with Crippen LogP contribution in [0.15, 0.2) is 48.5 Å². The number of phenols is 1. The maximum absolute atomic E-state index is 12.1. The Morgan fingerprint density at radius 3 is 2.55 bits per heavy atom. The quantitative estimate of drug-likeness (QED) is 0.858. The standard InChI is InChI=1S/C16H16ClNO2/c1-18(10-12-5-3-2-4-6-12)11-16(20)13-7-14(17)9-15(19)8-13/h2-9,19H,10-11H2,1H3. The van der Waals surface area contributed by atoms with Crippen LogP contribution < -0.4 is 0 Å². The zero-order valence-electron chi connectivity index (χ0n) is 11.2. The number of nitrogens with zero attached hydrogens (tertiary/aromatic N) is 1. The molecule has 104 valence electrons. The van der Waals surface area contributed by atoms with Crippen molar-refractivity contribution in [3.8, 4) is 5.75 Å². The summed E-state index contributed by atoms with van der Waals surface area (Å²) in [6, 6.07) is 14.4. The average Bonchev–Trinajstić information content (AvgIpc) is 2.38. The first-order chi connectivity index (χ1) is 9.54. The van der Waals surface area contributed by atoms with Gasteiger partial charge in [0.15, 0.2) is 5.78 Å². The van der Waals surface area contributed by atoms with E-state index < -0.39 is 0 Å². The van der Waals surface area contributed by atoms with Crippen molar-refractivity contribution >= 4 is 17.4 Å². The molecule has 0 spiro atoms. The maximum atomic E-state index is 12.1. The van der Waals surface area contributed by atoms with Crippen molar-refractivity contribution in [2.24, 2.45) is 0 Å². The molecule has 0 unspecified atom stereocenters. The van der Waals surface area contributed by atoms with E-state index in [1.807, 2.05) is 42.3 Å². The number of aromatic hydroxyl groups is 1. The van der Waals surface area contributed by atoms with Crippen LogP contribution in [-0.4, -0.2) is 29.4 Å². The smallest absolute Gasteiger partial charge is 0.177 e. The Hall–Kier alpha value is -1.84. The lowest BCUT2D eigenvalue weighted by molar-refractivity contribution is 0.0942. The van der Waals surface area contributed by atoms with Gasteiger partial charge in [-0.15, -0.1) is 0 Å². The molecule has 0 aromatic heterocycles. The third-order valence-corrected chi connectivity index (χ3v) is 3.13. The van der Waals surface area contributed by atoms with E-state index >= 15 is 0 Å². The number of ketones is 1. The van der Waals surface area contributed by atoms with E-state index in [0.717, 1.165) is 5.56 Å². The largest absolute Gasteiger partial charge is 0.508 e. The van der Waals surface area contributed by atoms with Gasteiger partial charge in [0.25, 0.3) is 0 Å². The summed E-state index contributed by atoms with van der Waals surface area (Å²) in [5.41, 5.74) is 1.58. The van der Waals surface area contributed by atoms with Gasteiger partial charge >= 0.3 is 0 Å². The topological polar surface area (TPSA) is 40.5 Å². The molecule has 0 aliphatic rings. The number of Topliss-reactive ketones (excluding diaryl/α,β-unsaturated/α-hetero) is 1. The van der Waals surface area contributed by atoms with Crippen LogP contribution in [0.3, 0.4) is 0 Å². The summed E-state index contributed by atoms with van der Waals surface area (Å²) >= 11 is 5.83. The SMILES string of the molecule is CN(CC(=O)c1cc(O)cc(Cl)c1)Cc1ccccc1. The predicted octanol–water partition coefficient (Wildman–Crippen LogP) is 3.36. The molecular formula is C16H16ClNO2. The number of carbonyl (C=O) groups is 1. The normalized spacial score (nSPS) is 10.8. The highest BCUT2D eigenvalue weighted by atomic mass is 35.5. The van der Waals surface area contributed by atoms with Gasteiger partial charge in [0.05, 0.1) is 6.54 Å². The van der Waals surface area contributed by atoms with Crippen LogP contribution >= 0.6 is 11.6 Å². The molecule has 0 radical (unpaired) electrons. The third kappa shape index (κ3) is 4.08. The molecule has 0 atom stereocenters. The average molecular weight is 290 g/mol. The van der Waals surface area contributed by atoms with Gasteiger partial charge in [-0.1, -0.05) is 41.9 Å². The zero-order chi connectivity index (χ0) is 14.5. The molecule has 20 heavy (non-hydrogen) atoms. The molecule has 1 N–H and O–H groups in total. The van der Waals surface area contributed by atoms with Crippen LogP contribution in [0.25, 0.3) is 0 Å². The predicted molar refractivity (Wildman–Crippen MR) is 80.2 cm³/mol. The first-order valence-electron chi connectivity index (χ1n) is 6.30. The van der Waals surface area contributed by atoms with Crippen molar-refractivity contribution in [2.75, 3.05) is 13.6 Å². The Balaban J connectivity index is 2.00. The van der Waals surface area contributed by atoms with Crippen molar-refractivity contribution in [2.45, 2.75) is 6.54 Å². The molecule has 2 aromatic rings. The van der Waals surface area contributed by atoms with Crippen molar-refractivity contribution in [1.82, 2.24) is 4.90 Å². The minimum absolute atomic E-state index is 0.00608. The molecule has 2 rings (SSSR count). The minimum atomic E-state index is -0.0683. The number of rotatable bonds is 5. The van der Waals surface area contributed by atoms with E-state index in [-0.39, 0.29) is 18.1 Å². The lowest BCUT2D eigenvalue weighted by Gasteiger charge is -2.16. The Kier molecular flexibility index (Phi) is 4.77. The number of benzene rings is 2. The van der Waals surface area contributed by atoms with Gasteiger partial charge in [-0.25, -0.2) is 0 Å². The molecule has 0 fully saturated rings. The molecule has 2 aromatic carbocycles. The number of hydrogen-bond donors (Lipinski definition) is 1. The second kappa shape index (κ2) is 6.55. The molecule has 3 nitrogen and oxygen atoms in total. The van der Waals surface area contributed by atoms with Crippen LogP contribution in [0.5, 0.6) is 5.75 Å². The highest BCUT2D eigenvalue weighted by molar-refractivity contribution is 6.31. The lowest BCUT2D eigenvalue weighted by Crippen LogP contribution is -2.25. The first-order valence-corrected chi connectivity index (χ1v) is 6.67. The van der Waals surface area contributed by atoms with Crippen molar-refractivity contribution < 1.29 is 9.90 Å². The van der Waals surface area contributed by atoms with E-state index in [2.05, 4.69) is 0 Å². The summed E-state index contributed by atoms with van der Waals surface area (Å²) in [5, 5.41) is 9.82. The van der Waals surface area contributed by atoms with Crippen LogP contribution in [0.4, 0.5) is 0 Å². The molecule has 0 saturated heterocycles. The van der Waals surface area contributed by atoms with Crippen LogP contribution in [0, 0.1) is 0 Å². The third-order valence-electron chi connectivity index (χ3n) is 2.91. The van der Waals surface area contributed by atoms with E-state index in [1.165, 1.54) is 12.1 Å². The lowest BCUT2D eigenvalue weighted by atomic mass is 10.1. The summed E-state index contributed by atoms with van der Waals surface area (Å²) in [6.45, 7) is 0.966. The Morgan fingerprint density at radius 2 is 1.90 bits per heavy atom. The fourth-order valence-corrected chi connectivity index (χ4v) is 2.25. The zero-order valence-corrected chi connectivity index (χ0v) is 12.0. The van der Waals surface area contributed by atoms with Gasteiger partial charge in [-0.05, 0) is 30.8 Å². The molecule has 0 saturated carbocycles. The summed E-state index contributed by atoms with van der Waals surface area (Å²) in [5.74, 6) is -0.0622. The Morgan fingerprint density at radius 1 is 1.20 bits per heavy atom. The van der Waals surface area contributed by atoms with Crippen LogP contribution in [0.1, 0.15) is 15.9 Å². The van der Waals surface area contributed by atoms with Crippen LogP contribution in [-0.2, 0) is 6.54 Å². The number of hydrogen-bond acceptors (Lipinski definition) is 3. The van der Waals surface area contributed by atoms with E-state index in [0.29, 0.717) is 17.1 Å². The monoisotopic (exact) mass is 289 g/mol. The van der Waals surface area contributed by atoms with E-state index in [1.54, 1.807) is 6.07 Å². The van der Waals surface area contributed by atoms with Crippen molar-refractivity contribution in [1.29, 1.82) is 0 Å². The van der Waals surface area contributed by atoms with Crippen molar-refractivity contribution in [3.05, 3.63) is 64.7 Å². The van der Waals surface area contributed by atoms with E-state index in [9.17, 15) is 9.90 Å². The molecule has 0 aliphatic carbocycles. The van der Waals surface area contributed by atoms with Gasteiger partial charge in [0, 0.05) is 17.1 Å². The molecule has 4 heteroatoms. The van der Waals surface area contributed by atoms with Gasteiger partial charge in [-0.3, -0.25) is 9.69 Å². The van der Waals surface area contributed by atoms with Crippen LogP contribution in [0.2, 0.25) is 5.02 Å². The molecular weight excluding hydrogens is 274 g/mol. The summed E-state index contributed by atoms with van der Waals surface area (Å²) in [6.07, 6.45) is 0. The fraction of sp³-hybridized carbons (Fsp3) is 0.188.